The molecule has 0 bridgehead atoms. The van der Waals surface area contributed by atoms with E-state index in [1.807, 2.05) is 19.1 Å². The number of nitrogens with one attached hydrogen (secondary N) is 2. The van der Waals surface area contributed by atoms with Crippen LogP contribution in [0.2, 0.25) is 0 Å². The third-order valence-corrected chi connectivity index (χ3v) is 4.15. The van der Waals surface area contributed by atoms with Crippen LogP contribution in [0, 0.1) is 0 Å². The van der Waals surface area contributed by atoms with Gasteiger partial charge < -0.3 is 5.32 Å². The molecule has 1 unspecified atom stereocenters. The molecule has 5 heteroatoms. The molecule has 1 heterocycles. The molecular weight excluding hydrogens is 302 g/mol. The maximum absolute atomic E-state index is 12.6. The van der Waals surface area contributed by atoms with Crippen LogP contribution in [0.3, 0.4) is 0 Å². The molecule has 0 saturated heterocycles. The van der Waals surface area contributed by atoms with Gasteiger partial charge in [-0.15, -0.1) is 0 Å². The average molecular weight is 321 g/mol. The summed E-state index contributed by atoms with van der Waals surface area (Å²) in [6.07, 6.45) is 0.980. The maximum atomic E-state index is 12.6. The van der Waals surface area contributed by atoms with Gasteiger partial charge in [0.05, 0.1) is 11.4 Å². The monoisotopic (exact) mass is 321 g/mol. The van der Waals surface area contributed by atoms with E-state index in [9.17, 15) is 9.59 Å². The molecule has 3 rings (SSSR count). The zero-order valence-corrected chi connectivity index (χ0v) is 13.7. The number of aromatic nitrogens is 2. The van der Waals surface area contributed by atoms with Gasteiger partial charge in [-0.1, -0.05) is 49.4 Å². The molecule has 1 aromatic heterocycles. The number of benzene rings is 2. The second-order valence-corrected chi connectivity index (χ2v) is 5.74. The van der Waals surface area contributed by atoms with E-state index >= 15 is 0 Å². The fraction of sp³-hybridized carbons (Fsp3) is 0.211. The van der Waals surface area contributed by atoms with Crippen molar-refractivity contribution in [3.8, 4) is 0 Å². The molecule has 0 aliphatic rings. The van der Waals surface area contributed by atoms with Gasteiger partial charge in [-0.2, -0.15) is 5.10 Å². The van der Waals surface area contributed by atoms with Crippen LogP contribution in [0.15, 0.2) is 53.3 Å². The number of rotatable bonds is 4. The summed E-state index contributed by atoms with van der Waals surface area (Å²) in [5.74, 6) is -0.311. The maximum Gasteiger partial charge on any atom is 0.272 e. The molecule has 0 aliphatic heterocycles. The van der Waals surface area contributed by atoms with Gasteiger partial charge in [0, 0.05) is 5.39 Å². The molecule has 2 aromatic carbocycles. The van der Waals surface area contributed by atoms with E-state index in [0.717, 1.165) is 12.0 Å². The van der Waals surface area contributed by atoms with E-state index in [2.05, 4.69) is 34.6 Å². The predicted octanol–water partition coefficient (Wildman–Crippen LogP) is 2.98. The third kappa shape index (κ3) is 3.06. The van der Waals surface area contributed by atoms with Crippen LogP contribution in [0.1, 0.15) is 41.5 Å². The predicted molar refractivity (Wildman–Crippen MR) is 94.1 cm³/mol. The molecule has 0 saturated carbocycles. The number of aryl methyl sites for hydroxylation is 1. The first-order valence-electron chi connectivity index (χ1n) is 7.97. The van der Waals surface area contributed by atoms with E-state index in [-0.39, 0.29) is 23.2 Å². The Morgan fingerprint density at radius 2 is 1.79 bits per heavy atom. The van der Waals surface area contributed by atoms with Crippen LogP contribution in [-0.2, 0) is 6.42 Å². The van der Waals surface area contributed by atoms with E-state index in [1.165, 1.54) is 5.56 Å². The summed E-state index contributed by atoms with van der Waals surface area (Å²) in [7, 11) is 0. The smallest absolute Gasteiger partial charge is 0.272 e. The molecule has 0 radical (unpaired) electrons. The normalized spacial score (nSPS) is 12.1. The van der Waals surface area contributed by atoms with E-state index in [1.54, 1.807) is 24.3 Å². The molecule has 1 atom stereocenters. The van der Waals surface area contributed by atoms with Gasteiger partial charge in [0.1, 0.15) is 0 Å². The average Bonchev–Trinajstić information content (AvgIpc) is 2.62. The fourth-order valence-electron chi connectivity index (χ4n) is 2.68. The lowest BCUT2D eigenvalue weighted by Gasteiger charge is -2.15. The molecule has 0 fully saturated rings. The molecule has 5 nitrogen and oxygen atoms in total. The van der Waals surface area contributed by atoms with E-state index < -0.39 is 0 Å². The Morgan fingerprint density at radius 1 is 1.12 bits per heavy atom. The van der Waals surface area contributed by atoms with Crippen LogP contribution in [-0.4, -0.2) is 16.1 Å². The fourth-order valence-corrected chi connectivity index (χ4v) is 2.68. The first-order valence-corrected chi connectivity index (χ1v) is 7.97. The molecule has 1 amide bonds. The van der Waals surface area contributed by atoms with E-state index in [4.69, 9.17) is 0 Å². The number of fused-ring (bicyclic) bond motifs is 1. The summed E-state index contributed by atoms with van der Waals surface area (Å²) in [5, 5.41) is 10.3. The lowest BCUT2D eigenvalue weighted by Crippen LogP contribution is -2.29. The Hall–Kier alpha value is -2.95. The van der Waals surface area contributed by atoms with Crippen molar-refractivity contribution in [2.45, 2.75) is 26.3 Å². The SMILES string of the molecule is CCc1ccc(C(C)NC(=O)c2n[nH]c(=O)c3ccccc23)cc1. The van der Waals surface area contributed by atoms with Gasteiger partial charge in [0.2, 0.25) is 0 Å². The van der Waals surface area contributed by atoms with Gasteiger partial charge >= 0.3 is 0 Å². The Bertz CT molecular complexity index is 929. The summed E-state index contributed by atoms with van der Waals surface area (Å²) >= 11 is 0. The van der Waals surface area contributed by atoms with Crippen molar-refractivity contribution in [2.24, 2.45) is 0 Å². The van der Waals surface area contributed by atoms with Gasteiger partial charge in [-0.05, 0) is 30.5 Å². The number of H-pyrrole nitrogens is 1. The number of hydrogen-bond donors (Lipinski definition) is 2. The van der Waals surface area contributed by atoms with Crippen LogP contribution < -0.4 is 10.9 Å². The second kappa shape index (κ2) is 6.66. The summed E-state index contributed by atoms with van der Waals surface area (Å²) in [6.45, 7) is 4.03. The van der Waals surface area contributed by atoms with Crippen molar-refractivity contribution in [1.82, 2.24) is 15.5 Å². The van der Waals surface area contributed by atoms with Crippen molar-refractivity contribution in [1.29, 1.82) is 0 Å². The standard InChI is InChI=1S/C19H19N3O2/c1-3-13-8-10-14(11-9-13)12(2)20-19(24)17-15-6-4-5-7-16(15)18(23)22-21-17/h4-12H,3H2,1-2H3,(H,20,24)(H,22,23). The second-order valence-electron chi connectivity index (χ2n) is 5.74. The number of amides is 1. The first kappa shape index (κ1) is 15.9. The van der Waals surface area contributed by atoms with Crippen molar-refractivity contribution in [3.63, 3.8) is 0 Å². The highest BCUT2D eigenvalue weighted by Gasteiger charge is 2.16. The number of hydrogen-bond acceptors (Lipinski definition) is 3. The highest BCUT2D eigenvalue weighted by atomic mass is 16.2. The molecule has 0 aliphatic carbocycles. The third-order valence-electron chi connectivity index (χ3n) is 4.15. The van der Waals surface area contributed by atoms with Crippen LogP contribution in [0.5, 0.6) is 0 Å². The first-order chi connectivity index (χ1) is 11.6. The molecular formula is C19H19N3O2. The Balaban J connectivity index is 1.87. The lowest BCUT2D eigenvalue weighted by atomic mass is 10.0. The number of carbonyl (C=O) groups is 1. The minimum atomic E-state index is -0.311. The molecule has 3 aromatic rings. The topological polar surface area (TPSA) is 74.8 Å². The number of nitrogens with zero attached hydrogens (tertiary/aromatic N) is 1. The van der Waals surface area contributed by atoms with Gasteiger partial charge in [-0.3, -0.25) is 9.59 Å². The molecule has 122 valence electrons. The van der Waals surface area contributed by atoms with Gasteiger partial charge in [0.15, 0.2) is 5.69 Å². The van der Waals surface area contributed by atoms with Crippen molar-refractivity contribution in [3.05, 3.63) is 75.7 Å². The quantitative estimate of drug-likeness (QED) is 0.776. The van der Waals surface area contributed by atoms with Crippen molar-refractivity contribution < 1.29 is 4.79 Å². The summed E-state index contributed by atoms with van der Waals surface area (Å²) < 4.78 is 0. The number of carbonyl (C=O) groups excluding carboxylic acids is 1. The minimum absolute atomic E-state index is 0.157. The number of aromatic amines is 1. The molecule has 24 heavy (non-hydrogen) atoms. The highest BCUT2D eigenvalue weighted by Crippen LogP contribution is 2.16. The Kier molecular flexibility index (Phi) is 4.42. The molecule has 0 spiro atoms. The lowest BCUT2D eigenvalue weighted by molar-refractivity contribution is 0.0935. The van der Waals surface area contributed by atoms with E-state index in [0.29, 0.717) is 10.8 Å². The summed E-state index contributed by atoms with van der Waals surface area (Å²) in [5.41, 5.74) is 2.20. The van der Waals surface area contributed by atoms with Gasteiger partial charge in [-0.25, -0.2) is 5.10 Å². The van der Waals surface area contributed by atoms with Crippen molar-refractivity contribution in [2.75, 3.05) is 0 Å². The minimum Gasteiger partial charge on any atom is -0.344 e. The zero-order valence-electron chi connectivity index (χ0n) is 13.7. The van der Waals surface area contributed by atoms with Crippen molar-refractivity contribution >= 4 is 16.7 Å². The highest BCUT2D eigenvalue weighted by molar-refractivity contribution is 6.04. The van der Waals surface area contributed by atoms with Gasteiger partial charge in [0.25, 0.3) is 11.5 Å². The Morgan fingerprint density at radius 3 is 2.46 bits per heavy atom. The van der Waals surface area contributed by atoms with Crippen LogP contribution >= 0.6 is 0 Å². The summed E-state index contributed by atoms with van der Waals surface area (Å²) in [4.78, 5) is 24.4. The molecule has 2 N–H and O–H groups in total. The zero-order chi connectivity index (χ0) is 17.1. The Labute approximate surface area is 139 Å². The van der Waals surface area contributed by atoms with Crippen LogP contribution in [0.25, 0.3) is 10.8 Å². The summed E-state index contributed by atoms with van der Waals surface area (Å²) in [6, 6.07) is 15.0. The largest absolute Gasteiger partial charge is 0.344 e. The van der Waals surface area contributed by atoms with Crippen LogP contribution in [0.4, 0.5) is 0 Å².